The second kappa shape index (κ2) is 7.61. The van der Waals surface area contributed by atoms with Gasteiger partial charge in [-0.15, -0.1) is 0 Å². The van der Waals surface area contributed by atoms with E-state index in [2.05, 4.69) is 5.32 Å². The monoisotopic (exact) mass is 291 g/mol. The van der Waals surface area contributed by atoms with Crippen LogP contribution in [0.15, 0.2) is 24.3 Å². The molecule has 0 radical (unpaired) electrons. The number of alkyl halides is 3. The van der Waals surface area contributed by atoms with Crippen LogP contribution in [0.25, 0.3) is 0 Å². The highest BCUT2D eigenvalue weighted by Gasteiger charge is 2.30. The third kappa shape index (κ3) is 5.90. The van der Waals surface area contributed by atoms with Gasteiger partial charge in [-0.25, -0.2) is 0 Å². The first kappa shape index (κ1) is 16.9. The molecular formula is C14H20F3NO2. The Hall–Kier alpha value is -1.11. The summed E-state index contributed by atoms with van der Waals surface area (Å²) in [5, 5.41) is 12.8. The predicted molar refractivity (Wildman–Crippen MR) is 70.4 cm³/mol. The average Bonchev–Trinajstić information content (AvgIpc) is 2.37. The summed E-state index contributed by atoms with van der Waals surface area (Å²) < 4.78 is 42.9. The third-order valence-electron chi connectivity index (χ3n) is 2.67. The van der Waals surface area contributed by atoms with Crippen LogP contribution >= 0.6 is 0 Å². The van der Waals surface area contributed by atoms with Crippen LogP contribution in [0.3, 0.4) is 0 Å². The minimum Gasteiger partial charge on any atom is -0.387 e. The van der Waals surface area contributed by atoms with Crippen LogP contribution < -0.4 is 5.32 Å². The lowest BCUT2D eigenvalue weighted by Crippen LogP contribution is -2.26. The molecule has 6 heteroatoms. The molecule has 0 spiro atoms. The Bertz CT molecular complexity index is 408. The van der Waals surface area contributed by atoms with Crippen molar-refractivity contribution in [1.29, 1.82) is 0 Å². The quantitative estimate of drug-likeness (QED) is 0.759. The summed E-state index contributed by atoms with van der Waals surface area (Å²) in [7, 11) is 0. The highest BCUT2D eigenvalue weighted by molar-refractivity contribution is 5.27. The lowest BCUT2D eigenvalue weighted by molar-refractivity contribution is -0.137. The highest BCUT2D eigenvalue weighted by atomic mass is 19.4. The van der Waals surface area contributed by atoms with Gasteiger partial charge in [0.05, 0.1) is 24.4 Å². The molecule has 0 amide bonds. The lowest BCUT2D eigenvalue weighted by Gasteiger charge is -2.15. The van der Waals surface area contributed by atoms with E-state index < -0.39 is 17.8 Å². The number of rotatable bonds is 7. The molecule has 0 fully saturated rings. The molecule has 0 aromatic heterocycles. The number of halogens is 3. The van der Waals surface area contributed by atoms with Gasteiger partial charge in [0.1, 0.15) is 0 Å². The molecule has 0 bridgehead atoms. The fourth-order valence-electron chi connectivity index (χ4n) is 1.65. The molecule has 20 heavy (non-hydrogen) atoms. The first-order valence-corrected chi connectivity index (χ1v) is 6.48. The van der Waals surface area contributed by atoms with Crippen molar-refractivity contribution in [3.05, 3.63) is 35.4 Å². The van der Waals surface area contributed by atoms with E-state index in [9.17, 15) is 18.3 Å². The summed E-state index contributed by atoms with van der Waals surface area (Å²) in [4.78, 5) is 0. The number of nitrogens with one attached hydrogen (secondary N) is 1. The SMILES string of the molecule is CC(C)OCCNCC(O)c1cccc(C(F)(F)F)c1. The molecule has 0 aliphatic heterocycles. The van der Waals surface area contributed by atoms with Crippen LogP contribution in [0.4, 0.5) is 13.2 Å². The summed E-state index contributed by atoms with van der Waals surface area (Å²) in [5.74, 6) is 0. The molecular weight excluding hydrogens is 271 g/mol. The molecule has 114 valence electrons. The summed E-state index contributed by atoms with van der Waals surface area (Å²) in [6, 6.07) is 4.73. The Morgan fingerprint density at radius 3 is 2.60 bits per heavy atom. The van der Waals surface area contributed by atoms with Crippen LogP contribution in [0.5, 0.6) is 0 Å². The second-order valence-corrected chi connectivity index (χ2v) is 4.76. The van der Waals surface area contributed by atoms with Crippen LogP contribution in [-0.4, -0.2) is 30.9 Å². The van der Waals surface area contributed by atoms with Gasteiger partial charge in [-0.2, -0.15) is 13.2 Å². The normalized spacial score (nSPS) is 13.8. The zero-order valence-electron chi connectivity index (χ0n) is 11.6. The number of aliphatic hydroxyl groups excluding tert-OH is 1. The van der Waals surface area contributed by atoms with Crippen LogP contribution in [0.2, 0.25) is 0 Å². The predicted octanol–water partition coefficient (Wildman–Crippen LogP) is 2.75. The van der Waals surface area contributed by atoms with Crippen molar-refractivity contribution in [2.45, 2.75) is 32.2 Å². The Morgan fingerprint density at radius 2 is 2.00 bits per heavy atom. The zero-order chi connectivity index (χ0) is 15.2. The van der Waals surface area contributed by atoms with Crippen LogP contribution in [0, 0.1) is 0 Å². The van der Waals surface area contributed by atoms with Gasteiger partial charge in [-0.05, 0) is 31.5 Å². The van der Waals surface area contributed by atoms with E-state index in [0.29, 0.717) is 13.2 Å². The molecule has 1 aromatic carbocycles. The molecule has 0 aliphatic rings. The van der Waals surface area contributed by atoms with Gasteiger partial charge in [-0.1, -0.05) is 12.1 Å². The van der Waals surface area contributed by atoms with E-state index in [0.717, 1.165) is 12.1 Å². The molecule has 1 unspecified atom stereocenters. The Kier molecular flexibility index (Phi) is 6.45. The van der Waals surface area contributed by atoms with Crippen LogP contribution in [0.1, 0.15) is 31.1 Å². The maximum atomic E-state index is 12.5. The molecule has 0 saturated carbocycles. The topological polar surface area (TPSA) is 41.5 Å². The number of benzene rings is 1. The Morgan fingerprint density at radius 1 is 1.30 bits per heavy atom. The minimum atomic E-state index is -4.39. The van der Waals surface area contributed by atoms with Gasteiger partial charge in [0, 0.05) is 13.1 Å². The Balaban J connectivity index is 2.45. The van der Waals surface area contributed by atoms with E-state index in [1.807, 2.05) is 13.8 Å². The Labute approximate surface area is 116 Å². The van der Waals surface area contributed by atoms with Gasteiger partial charge < -0.3 is 15.2 Å². The van der Waals surface area contributed by atoms with Crippen molar-refractivity contribution in [3.63, 3.8) is 0 Å². The molecule has 1 rings (SSSR count). The number of hydrogen-bond donors (Lipinski definition) is 2. The van der Waals surface area contributed by atoms with Gasteiger partial charge >= 0.3 is 6.18 Å². The number of hydrogen-bond acceptors (Lipinski definition) is 3. The zero-order valence-corrected chi connectivity index (χ0v) is 11.6. The largest absolute Gasteiger partial charge is 0.416 e. The summed E-state index contributed by atoms with van der Waals surface area (Å²) in [6.45, 7) is 5.04. The molecule has 0 saturated heterocycles. The summed E-state index contributed by atoms with van der Waals surface area (Å²) >= 11 is 0. The van der Waals surface area contributed by atoms with Crippen molar-refractivity contribution >= 4 is 0 Å². The van der Waals surface area contributed by atoms with Crippen LogP contribution in [-0.2, 0) is 10.9 Å². The van der Waals surface area contributed by atoms with Gasteiger partial charge in [0.2, 0.25) is 0 Å². The third-order valence-corrected chi connectivity index (χ3v) is 2.67. The highest BCUT2D eigenvalue weighted by Crippen LogP contribution is 2.30. The van der Waals surface area contributed by atoms with Crippen molar-refractivity contribution in [2.24, 2.45) is 0 Å². The molecule has 0 heterocycles. The van der Waals surface area contributed by atoms with E-state index in [-0.39, 0.29) is 18.2 Å². The van der Waals surface area contributed by atoms with Gasteiger partial charge in [0.15, 0.2) is 0 Å². The fourth-order valence-corrected chi connectivity index (χ4v) is 1.65. The first-order valence-electron chi connectivity index (χ1n) is 6.48. The summed E-state index contributed by atoms with van der Waals surface area (Å²) in [6.07, 6.45) is -5.24. The standard InChI is InChI=1S/C14H20F3NO2/c1-10(2)20-7-6-18-9-13(19)11-4-3-5-12(8-11)14(15,16)17/h3-5,8,10,13,18-19H,6-7,9H2,1-2H3. The van der Waals surface area contributed by atoms with Crippen molar-refractivity contribution < 1.29 is 23.0 Å². The lowest BCUT2D eigenvalue weighted by atomic mass is 10.1. The minimum absolute atomic E-state index is 0.130. The molecule has 3 nitrogen and oxygen atoms in total. The number of ether oxygens (including phenoxy) is 1. The molecule has 1 aromatic rings. The van der Waals surface area contributed by atoms with Crippen molar-refractivity contribution in [3.8, 4) is 0 Å². The van der Waals surface area contributed by atoms with Gasteiger partial charge in [0.25, 0.3) is 0 Å². The second-order valence-electron chi connectivity index (χ2n) is 4.76. The molecule has 1 atom stereocenters. The summed E-state index contributed by atoms with van der Waals surface area (Å²) in [5.41, 5.74) is -0.505. The van der Waals surface area contributed by atoms with Crippen molar-refractivity contribution in [2.75, 3.05) is 19.7 Å². The van der Waals surface area contributed by atoms with E-state index in [1.54, 1.807) is 0 Å². The smallest absolute Gasteiger partial charge is 0.387 e. The maximum absolute atomic E-state index is 12.5. The van der Waals surface area contributed by atoms with Gasteiger partial charge in [-0.3, -0.25) is 0 Å². The average molecular weight is 291 g/mol. The van der Waals surface area contributed by atoms with Crippen molar-refractivity contribution in [1.82, 2.24) is 5.32 Å². The first-order chi connectivity index (χ1) is 9.30. The molecule has 2 N–H and O–H groups in total. The molecule has 0 aliphatic carbocycles. The van der Waals surface area contributed by atoms with E-state index in [1.165, 1.54) is 12.1 Å². The maximum Gasteiger partial charge on any atom is 0.416 e. The fraction of sp³-hybridized carbons (Fsp3) is 0.571. The van der Waals surface area contributed by atoms with E-state index >= 15 is 0 Å². The van der Waals surface area contributed by atoms with E-state index in [4.69, 9.17) is 4.74 Å². The number of aliphatic hydroxyl groups is 1.